The Kier molecular flexibility index (Phi) is 6.33. The SMILES string of the molecule is CC(=O)c1c(N)n2ncc(-c3ccc(-c4ccccc4)nc3)c2nc1[C@H]1CC[C@@](O)(CS(C)(=O)=O)CC1. The van der Waals surface area contributed by atoms with Crippen molar-refractivity contribution in [3.8, 4) is 22.4 Å². The van der Waals surface area contributed by atoms with E-state index in [0.717, 1.165) is 28.6 Å². The number of nitrogen functional groups attached to an aromatic ring is 1. The number of hydrogen-bond donors (Lipinski definition) is 2. The van der Waals surface area contributed by atoms with Gasteiger partial charge in [-0.2, -0.15) is 9.61 Å². The highest BCUT2D eigenvalue weighted by Gasteiger charge is 2.38. The molecule has 0 atom stereocenters. The molecule has 0 radical (unpaired) electrons. The smallest absolute Gasteiger partial charge is 0.165 e. The van der Waals surface area contributed by atoms with Gasteiger partial charge in [-0.15, -0.1) is 0 Å². The van der Waals surface area contributed by atoms with Gasteiger partial charge >= 0.3 is 0 Å². The Morgan fingerprint density at radius 2 is 1.81 bits per heavy atom. The van der Waals surface area contributed by atoms with Crippen molar-refractivity contribution in [1.29, 1.82) is 0 Å². The van der Waals surface area contributed by atoms with Crippen LogP contribution in [-0.4, -0.2) is 56.5 Å². The average molecular weight is 520 g/mol. The molecule has 5 rings (SSSR count). The highest BCUT2D eigenvalue weighted by molar-refractivity contribution is 7.90. The molecule has 37 heavy (non-hydrogen) atoms. The number of ketones is 1. The fraction of sp³-hybridized carbons (Fsp3) is 0.333. The van der Waals surface area contributed by atoms with Gasteiger partial charge in [0.2, 0.25) is 0 Å². The maximum Gasteiger partial charge on any atom is 0.165 e. The molecule has 3 N–H and O–H groups in total. The Morgan fingerprint density at radius 3 is 2.41 bits per heavy atom. The maximum atomic E-state index is 12.6. The van der Waals surface area contributed by atoms with Crippen LogP contribution in [0, 0.1) is 0 Å². The number of hydrogen-bond acceptors (Lipinski definition) is 8. The minimum atomic E-state index is -3.33. The van der Waals surface area contributed by atoms with Crippen molar-refractivity contribution in [2.75, 3.05) is 17.7 Å². The molecular weight excluding hydrogens is 490 g/mol. The number of nitrogens with zero attached hydrogens (tertiary/aromatic N) is 4. The Labute approximate surface area is 215 Å². The number of rotatable bonds is 6. The van der Waals surface area contributed by atoms with E-state index >= 15 is 0 Å². The van der Waals surface area contributed by atoms with Crippen molar-refractivity contribution < 1.29 is 18.3 Å². The monoisotopic (exact) mass is 519 g/mol. The first-order valence-electron chi connectivity index (χ1n) is 12.1. The van der Waals surface area contributed by atoms with E-state index in [4.69, 9.17) is 10.7 Å². The second-order valence-corrected chi connectivity index (χ2v) is 12.1. The third kappa shape index (κ3) is 4.99. The molecular formula is C27H29N5O4S. The molecule has 0 bridgehead atoms. The van der Waals surface area contributed by atoms with Gasteiger partial charge < -0.3 is 10.8 Å². The van der Waals surface area contributed by atoms with Crippen molar-refractivity contribution in [2.45, 2.75) is 44.1 Å². The van der Waals surface area contributed by atoms with Crippen LogP contribution in [0.15, 0.2) is 54.9 Å². The van der Waals surface area contributed by atoms with E-state index < -0.39 is 15.4 Å². The van der Waals surface area contributed by atoms with Crippen molar-refractivity contribution in [3.63, 3.8) is 0 Å². The Bertz CT molecular complexity index is 1570. The summed E-state index contributed by atoms with van der Waals surface area (Å²) in [5.41, 5.74) is 9.98. The van der Waals surface area contributed by atoms with Crippen molar-refractivity contribution in [3.05, 3.63) is 66.1 Å². The van der Waals surface area contributed by atoms with Crippen LogP contribution < -0.4 is 5.73 Å². The number of fused-ring (bicyclic) bond motifs is 1. The number of carbonyl (C=O) groups excluding carboxylic acids is 1. The molecule has 1 saturated carbocycles. The number of Topliss-reactive ketones (excluding diaryl/α,β-unsaturated/α-hetero) is 1. The zero-order valence-corrected chi connectivity index (χ0v) is 21.6. The van der Waals surface area contributed by atoms with Crippen molar-refractivity contribution >= 4 is 27.1 Å². The van der Waals surface area contributed by atoms with Gasteiger partial charge in [0.1, 0.15) is 15.7 Å². The molecule has 1 fully saturated rings. The molecule has 0 spiro atoms. The van der Waals surface area contributed by atoms with Crippen LogP contribution in [0.5, 0.6) is 0 Å². The third-order valence-corrected chi connectivity index (χ3v) is 8.10. The highest BCUT2D eigenvalue weighted by atomic mass is 32.2. The summed E-state index contributed by atoms with van der Waals surface area (Å²) in [6.45, 7) is 1.45. The van der Waals surface area contributed by atoms with Gasteiger partial charge in [-0.25, -0.2) is 13.4 Å². The van der Waals surface area contributed by atoms with E-state index in [1.807, 2.05) is 42.5 Å². The lowest BCUT2D eigenvalue weighted by atomic mass is 9.77. The Morgan fingerprint density at radius 1 is 1.11 bits per heavy atom. The average Bonchev–Trinajstić information content (AvgIpc) is 3.28. The van der Waals surface area contributed by atoms with Gasteiger partial charge in [0.25, 0.3) is 0 Å². The fourth-order valence-electron chi connectivity index (χ4n) is 5.29. The lowest BCUT2D eigenvalue weighted by Gasteiger charge is -2.35. The lowest BCUT2D eigenvalue weighted by Crippen LogP contribution is -2.40. The third-order valence-electron chi connectivity index (χ3n) is 7.04. The summed E-state index contributed by atoms with van der Waals surface area (Å²) in [7, 11) is -3.33. The highest BCUT2D eigenvalue weighted by Crippen LogP contribution is 2.41. The summed E-state index contributed by atoms with van der Waals surface area (Å²) in [5.74, 6) is -0.429. The van der Waals surface area contributed by atoms with Gasteiger partial charge in [-0.1, -0.05) is 36.4 Å². The van der Waals surface area contributed by atoms with Crippen LogP contribution in [0.4, 0.5) is 5.82 Å². The molecule has 1 aliphatic carbocycles. The van der Waals surface area contributed by atoms with E-state index in [2.05, 4.69) is 10.1 Å². The number of sulfone groups is 1. The van der Waals surface area contributed by atoms with E-state index in [1.54, 1.807) is 12.4 Å². The summed E-state index contributed by atoms with van der Waals surface area (Å²) in [6, 6.07) is 13.8. The van der Waals surface area contributed by atoms with E-state index in [-0.39, 0.29) is 23.3 Å². The number of anilines is 1. The van der Waals surface area contributed by atoms with E-state index in [1.165, 1.54) is 11.4 Å². The number of benzene rings is 1. The van der Waals surface area contributed by atoms with Gasteiger partial charge in [0.05, 0.1) is 34.5 Å². The van der Waals surface area contributed by atoms with Crippen LogP contribution in [0.2, 0.25) is 0 Å². The molecule has 10 heteroatoms. The Balaban J connectivity index is 1.52. The van der Waals surface area contributed by atoms with Crippen LogP contribution in [-0.2, 0) is 9.84 Å². The van der Waals surface area contributed by atoms with Crippen molar-refractivity contribution in [1.82, 2.24) is 19.6 Å². The topological polar surface area (TPSA) is 141 Å². The zero-order chi connectivity index (χ0) is 26.4. The second-order valence-electron chi connectivity index (χ2n) is 9.97. The first kappa shape index (κ1) is 25.0. The predicted molar refractivity (Wildman–Crippen MR) is 142 cm³/mol. The molecule has 0 saturated heterocycles. The Hall–Kier alpha value is -3.63. The maximum absolute atomic E-state index is 12.6. The van der Waals surface area contributed by atoms with Gasteiger partial charge in [0.15, 0.2) is 11.4 Å². The van der Waals surface area contributed by atoms with Gasteiger partial charge in [-0.05, 0) is 38.7 Å². The first-order chi connectivity index (χ1) is 17.5. The minimum absolute atomic E-state index is 0.146. The largest absolute Gasteiger partial charge is 0.389 e. The van der Waals surface area contributed by atoms with Crippen LogP contribution in [0.25, 0.3) is 28.0 Å². The second kappa shape index (κ2) is 9.35. The number of aliphatic hydroxyl groups is 1. The standard InChI is InChI=1S/C27H29N5O4S/c1-17(33)23-24(19-10-12-27(34,13-11-19)16-37(2,35)36)31-26-21(15-30-32(26)25(23)28)20-8-9-22(29-14-20)18-6-4-3-5-7-18/h3-9,14-15,19,34H,10-13,16,28H2,1-2H3/t19-,27-. The summed E-state index contributed by atoms with van der Waals surface area (Å²) < 4.78 is 25.0. The summed E-state index contributed by atoms with van der Waals surface area (Å²) in [5, 5.41) is 15.2. The number of pyridine rings is 1. The summed E-state index contributed by atoms with van der Waals surface area (Å²) >= 11 is 0. The van der Waals surface area contributed by atoms with Gasteiger partial charge in [-0.3, -0.25) is 9.78 Å². The number of aromatic nitrogens is 4. The molecule has 1 aliphatic rings. The van der Waals surface area contributed by atoms with Crippen molar-refractivity contribution in [2.24, 2.45) is 0 Å². The van der Waals surface area contributed by atoms with Crippen LogP contribution in [0.3, 0.4) is 0 Å². The van der Waals surface area contributed by atoms with Gasteiger partial charge in [0, 0.05) is 35.1 Å². The molecule has 9 nitrogen and oxygen atoms in total. The number of carbonyl (C=O) groups is 1. The fourth-order valence-corrected chi connectivity index (χ4v) is 6.55. The molecule has 0 amide bonds. The van der Waals surface area contributed by atoms with E-state index in [9.17, 15) is 18.3 Å². The minimum Gasteiger partial charge on any atom is -0.389 e. The molecule has 0 unspecified atom stereocenters. The predicted octanol–water partition coefficient (Wildman–Crippen LogP) is 3.68. The summed E-state index contributed by atoms with van der Waals surface area (Å²) in [4.78, 5) is 22.1. The lowest BCUT2D eigenvalue weighted by molar-refractivity contribution is 0.0200. The summed E-state index contributed by atoms with van der Waals surface area (Å²) in [6.07, 6.45) is 6.14. The van der Waals surface area contributed by atoms with E-state index in [0.29, 0.717) is 42.6 Å². The molecule has 0 aliphatic heterocycles. The first-order valence-corrected chi connectivity index (χ1v) is 14.2. The normalized spacial score (nSPS) is 20.2. The zero-order valence-electron chi connectivity index (χ0n) is 20.8. The quantitative estimate of drug-likeness (QED) is 0.368. The molecule has 4 aromatic rings. The molecule has 1 aromatic carbocycles. The van der Waals surface area contributed by atoms with Crippen LogP contribution >= 0.6 is 0 Å². The molecule has 3 heterocycles. The molecule has 3 aromatic heterocycles. The molecule has 192 valence electrons. The van der Waals surface area contributed by atoms with Crippen LogP contribution in [0.1, 0.15) is 54.6 Å². The number of nitrogens with two attached hydrogens (primary N) is 1.